The number of nitrogens with zero attached hydrogens (tertiary/aromatic N) is 3. The highest BCUT2D eigenvalue weighted by molar-refractivity contribution is 7.80. The van der Waals surface area contributed by atoms with E-state index < -0.39 is 0 Å². The zero-order valence-electron chi connectivity index (χ0n) is 11.1. The molecule has 4 nitrogen and oxygen atoms in total. The maximum atomic E-state index is 5.63. The summed E-state index contributed by atoms with van der Waals surface area (Å²) in [5.74, 6) is 0. The molecular formula is C12H22N4S. The molecule has 0 aliphatic heterocycles. The van der Waals surface area contributed by atoms with Crippen molar-refractivity contribution in [1.82, 2.24) is 14.7 Å². The van der Waals surface area contributed by atoms with Crippen LogP contribution in [0.1, 0.15) is 32.2 Å². The summed E-state index contributed by atoms with van der Waals surface area (Å²) in [4.78, 5) is 2.79. The molecular weight excluding hydrogens is 232 g/mol. The minimum absolute atomic E-state index is 0.414. The molecule has 1 rings (SSSR count). The summed E-state index contributed by atoms with van der Waals surface area (Å²) in [7, 11) is 0. The van der Waals surface area contributed by atoms with Crippen LogP contribution >= 0.6 is 12.2 Å². The van der Waals surface area contributed by atoms with Gasteiger partial charge < -0.3 is 5.73 Å². The van der Waals surface area contributed by atoms with E-state index in [0.717, 1.165) is 18.8 Å². The average molecular weight is 254 g/mol. The molecule has 0 atom stereocenters. The highest BCUT2D eigenvalue weighted by atomic mass is 32.1. The van der Waals surface area contributed by atoms with Crippen LogP contribution in [0.15, 0.2) is 6.07 Å². The Hall–Kier alpha value is -0.940. The van der Waals surface area contributed by atoms with Crippen LogP contribution in [0.5, 0.6) is 0 Å². The lowest BCUT2D eigenvalue weighted by atomic mass is 10.2. The SMILES string of the molecule is CCn1nc(C)cc1CN(CC(N)=S)C(C)C. The van der Waals surface area contributed by atoms with Gasteiger partial charge in [-0.1, -0.05) is 12.2 Å². The molecule has 96 valence electrons. The predicted molar refractivity (Wildman–Crippen MR) is 75.0 cm³/mol. The lowest BCUT2D eigenvalue weighted by Crippen LogP contribution is -2.37. The normalized spacial score (nSPS) is 11.4. The van der Waals surface area contributed by atoms with Crippen molar-refractivity contribution in [2.24, 2.45) is 5.73 Å². The first kappa shape index (κ1) is 14.1. The molecule has 17 heavy (non-hydrogen) atoms. The molecule has 0 fully saturated rings. The van der Waals surface area contributed by atoms with Crippen LogP contribution in [0.25, 0.3) is 0 Å². The van der Waals surface area contributed by atoms with Gasteiger partial charge in [-0.3, -0.25) is 9.58 Å². The second-order valence-corrected chi connectivity index (χ2v) is 5.08. The van der Waals surface area contributed by atoms with E-state index in [1.807, 2.05) is 11.6 Å². The van der Waals surface area contributed by atoms with Gasteiger partial charge in [-0.15, -0.1) is 0 Å². The minimum Gasteiger partial charge on any atom is -0.392 e. The molecule has 0 spiro atoms. The van der Waals surface area contributed by atoms with Gasteiger partial charge in [-0.25, -0.2) is 0 Å². The minimum atomic E-state index is 0.414. The van der Waals surface area contributed by atoms with E-state index in [9.17, 15) is 0 Å². The summed E-state index contributed by atoms with van der Waals surface area (Å²) >= 11 is 4.99. The van der Waals surface area contributed by atoms with Crippen molar-refractivity contribution in [2.75, 3.05) is 6.54 Å². The summed E-state index contributed by atoms with van der Waals surface area (Å²) in [6.45, 7) is 10.8. The van der Waals surface area contributed by atoms with Crippen LogP contribution in [-0.4, -0.2) is 32.3 Å². The Labute approximate surface area is 109 Å². The molecule has 0 saturated carbocycles. The Balaban J connectivity index is 2.81. The monoisotopic (exact) mass is 254 g/mol. The van der Waals surface area contributed by atoms with Gasteiger partial charge in [-0.05, 0) is 33.8 Å². The maximum Gasteiger partial charge on any atom is 0.0870 e. The largest absolute Gasteiger partial charge is 0.392 e. The van der Waals surface area contributed by atoms with Gasteiger partial charge >= 0.3 is 0 Å². The molecule has 0 radical (unpaired) electrons. The van der Waals surface area contributed by atoms with Crippen molar-refractivity contribution in [2.45, 2.75) is 46.8 Å². The summed E-state index contributed by atoms with van der Waals surface area (Å²) in [6.07, 6.45) is 0. The number of aryl methyl sites for hydroxylation is 2. The van der Waals surface area contributed by atoms with E-state index in [-0.39, 0.29) is 0 Å². The van der Waals surface area contributed by atoms with E-state index in [2.05, 4.69) is 36.8 Å². The Morgan fingerprint density at radius 2 is 2.24 bits per heavy atom. The molecule has 0 saturated heterocycles. The van der Waals surface area contributed by atoms with Crippen molar-refractivity contribution >= 4 is 17.2 Å². The van der Waals surface area contributed by atoms with E-state index in [4.69, 9.17) is 18.0 Å². The topological polar surface area (TPSA) is 47.1 Å². The van der Waals surface area contributed by atoms with Gasteiger partial charge in [0.25, 0.3) is 0 Å². The summed E-state index contributed by atoms with van der Waals surface area (Å²) < 4.78 is 2.03. The highest BCUT2D eigenvalue weighted by Gasteiger charge is 2.14. The first-order valence-corrected chi connectivity index (χ1v) is 6.40. The van der Waals surface area contributed by atoms with Gasteiger partial charge in [0.1, 0.15) is 0 Å². The molecule has 1 aromatic rings. The highest BCUT2D eigenvalue weighted by Crippen LogP contribution is 2.10. The number of thiocarbonyl (C=S) groups is 1. The zero-order chi connectivity index (χ0) is 13.0. The number of nitrogens with two attached hydrogens (primary N) is 1. The lowest BCUT2D eigenvalue weighted by Gasteiger charge is -2.25. The predicted octanol–water partition coefficient (Wildman–Crippen LogP) is 1.71. The molecule has 0 aliphatic carbocycles. The number of aromatic nitrogens is 2. The molecule has 0 amide bonds. The average Bonchev–Trinajstić information content (AvgIpc) is 2.57. The van der Waals surface area contributed by atoms with Crippen LogP contribution in [0.2, 0.25) is 0 Å². The van der Waals surface area contributed by atoms with Crippen LogP contribution in [0.4, 0.5) is 0 Å². The zero-order valence-corrected chi connectivity index (χ0v) is 11.9. The molecule has 0 aliphatic rings. The van der Waals surface area contributed by atoms with Crippen LogP contribution in [-0.2, 0) is 13.1 Å². The lowest BCUT2D eigenvalue weighted by molar-refractivity contribution is 0.238. The van der Waals surface area contributed by atoms with Crippen LogP contribution in [0, 0.1) is 6.92 Å². The van der Waals surface area contributed by atoms with Gasteiger partial charge in [0.15, 0.2) is 0 Å². The number of rotatable bonds is 6. The second kappa shape index (κ2) is 6.12. The summed E-state index contributed by atoms with van der Waals surface area (Å²) in [6, 6.07) is 2.54. The van der Waals surface area contributed by atoms with Gasteiger partial charge in [0.2, 0.25) is 0 Å². The molecule has 0 bridgehead atoms. The summed E-state index contributed by atoms with van der Waals surface area (Å²) in [5, 5.41) is 4.45. The van der Waals surface area contributed by atoms with E-state index in [1.165, 1.54) is 5.69 Å². The van der Waals surface area contributed by atoms with Crippen molar-refractivity contribution in [3.8, 4) is 0 Å². The fourth-order valence-electron chi connectivity index (χ4n) is 1.83. The summed E-state index contributed by atoms with van der Waals surface area (Å²) in [5.41, 5.74) is 7.90. The standard InChI is InChI=1S/C12H22N4S/c1-5-16-11(6-10(4)14-16)7-15(9(2)3)8-12(13)17/h6,9H,5,7-8H2,1-4H3,(H2,13,17). The maximum absolute atomic E-state index is 5.63. The molecule has 1 aromatic heterocycles. The molecule has 5 heteroatoms. The Morgan fingerprint density at radius 1 is 1.59 bits per heavy atom. The van der Waals surface area contributed by atoms with Crippen LogP contribution < -0.4 is 5.73 Å². The van der Waals surface area contributed by atoms with Crippen LogP contribution in [0.3, 0.4) is 0 Å². The van der Waals surface area contributed by atoms with Crippen molar-refractivity contribution in [3.63, 3.8) is 0 Å². The number of hydrogen-bond donors (Lipinski definition) is 1. The Kier molecular flexibility index (Phi) is 5.08. The molecule has 0 unspecified atom stereocenters. The number of hydrogen-bond acceptors (Lipinski definition) is 3. The second-order valence-electron chi connectivity index (χ2n) is 4.56. The van der Waals surface area contributed by atoms with Crippen molar-refractivity contribution < 1.29 is 0 Å². The Morgan fingerprint density at radius 3 is 2.71 bits per heavy atom. The van der Waals surface area contributed by atoms with Crippen molar-refractivity contribution in [1.29, 1.82) is 0 Å². The first-order chi connectivity index (χ1) is 7.93. The van der Waals surface area contributed by atoms with Gasteiger partial charge in [-0.2, -0.15) is 5.10 Å². The first-order valence-electron chi connectivity index (χ1n) is 5.99. The fourth-order valence-corrected chi connectivity index (χ4v) is 2.00. The third-order valence-electron chi connectivity index (χ3n) is 2.74. The Bertz CT molecular complexity index is 384. The van der Waals surface area contributed by atoms with E-state index in [0.29, 0.717) is 17.6 Å². The molecule has 2 N–H and O–H groups in total. The van der Waals surface area contributed by atoms with Gasteiger partial charge in [0, 0.05) is 25.7 Å². The van der Waals surface area contributed by atoms with Crippen molar-refractivity contribution in [3.05, 3.63) is 17.5 Å². The third-order valence-corrected chi connectivity index (χ3v) is 2.87. The molecule has 1 heterocycles. The smallest absolute Gasteiger partial charge is 0.0870 e. The molecule has 0 aromatic carbocycles. The van der Waals surface area contributed by atoms with Gasteiger partial charge in [0.05, 0.1) is 16.4 Å². The fraction of sp³-hybridized carbons (Fsp3) is 0.667. The quantitative estimate of drug-likeness (QED) is 0.785. The third kappa shape index (κ3) is 4.09. The van der Waals surface area contributed by atoms with E-state index in [1.54, 1.807) is 0 Å². The van der Waals surface area contributed by atoms with E-state index >= 15 is 0 Å².